The van der Waals surface area contributed by atoms with Gasteiger partial charge >= 0.3 is 0 Å². The zero-order chi connectivity index (χ0) is 11.1. The normalized spacial score (nSPS) is 17.7. The van der Waals surface area contributed by atoms with E-state index in [1.165, 1.54) is 16.1 Å². The number of nitrogens with zero attached hydrogens (tertiary/aromatic N) is 3. The molecule has 0 spiro atoms. The van der Waals surface area contributed by atoms with Gasteiger partial charge in [0.15, 0.2) is 0 Å². The Kier molecular flexibility index (Phi) is 2.56. The highest BCUT2D eigenvalue weighted by Gasteiger charge is 2.25. The molecule has 0 amide bonds. The lowest BCUT2D eigenvalue weighted by molar-refractivity contribution is 0.379. The van der Waals surface area contributed by atoms with E-state index in [4.69, 9.17) is 0 Å². The third-order valence-electron chi connectivity index (χ3n) is 2.76. The van der Waals surface area contributed by atoms with Crippen molar-refractivity contribution in [1.82, 2.24) is 14.1 Å². The fraction of sp³-hybridized carbons (Fsp3) is 0.667. The monoisotopic (exact) mass is 229 g/mol. The molecule has 0 radical (unpaired) electrons. The Balaban J connectivity index is 2.32. The molecule has 0 bridgehead atoms. The molecule has 2 heterocycles. The Morgan fingerprint density at radius 1 is 1.53 bits per heavy atom. The van der Waals surface area contributed by atoms with E-state index < -0.39 is 10.0 Å². The Hall–Kier alpha value is -0.880. The second-order valence-corrected chi connectivity index (χ2v) is 5.76. The highest BCUT2D eigenvalue weighted by atomic mass is 32.2. The topological polar surface area (TPSA) is 55.2 Å². The summed E-state index contributed by atoms with van der Waals surface area (Å²) in [7, 11) is -3.08. The van der Waals surface area contributed by atoms with Crippen molar-refractivity contribution in [3.8, 4) is 0 Å². The van der Waals surface area contributed by atoms with Crippen LogP contribution in [-0.2, 0) is 29.5 Å². The van der Waals surface area contributed by atoms with Gasteiger partial charge in [0.05, 0.1) is 24.7 Å². The lowest BCUT2D eigenvalue weighted by Gasteiger charge is -2.25. The first kappa shape index (κ1) is 10.6. The molecule has 1 aliphatic rings. The number of hydrogen-bond acceptors (Lipinski definition) is 3. The van der Waals surface area contributed by atoms with Crippen LogP contribution in [0, 0.1) is 0 Å². The van der Waals surface area contributed by atoms with Crippen LogP contribution in [-0.4, -0.2) is 35.3 Å². The molecule has 0 saturated heterocycles. The van der Waals surface area contributed by atoms with Crippen LogP contribution in [0.5, 0.6) is 0 Å². The van der Waals surface area contributed by atoms with E-state index in [1.807, 2.05) is 17.8 Å². The third-order valence-corrected chi connectivity index (χ3v) is 4.01. The number of aryl methyl sites for hydroxylation is 1. The van der Waals surface area contributed by atoms with Crippen molar-refractivity contribution < 1.29 is 8.42 Å². The predicted molar refractivity (Wildman–Crippen MR) is 56.9 cm³/mol. The van der Waals surface area contributed by atoms with Crippen molar-refractivity contribution in [3.05, 3.63) is 17.5 Å². The number of hydrogen-bond donors (Lipinski definition) is 0. The molecule has 0 N–H and O–H groups in total. The molecule has 0 fully saturated rings. The first-order valence-corrected chi connectivity index (χ1v) is 6.86. The highest BCUT2D eigenvalue weighted by molar-refractivity contribution is 7.88. The smallest absolute Gasteiger partial charge is 0.211 e. The van der Waals surface area contributed by atoms with Crippen molar-refractivity contribution in [2.45, 2.75) is 26.4 Å². The van der Waals surface area contributed by atoms with E-state index in [1.54, 1.807) is 0 Å². The van der Waals surface area contributed by atoms with Crippen molar-refractivity contribution in [2.75, 3.05) is 12.8 Å². The fourth-order valence-electron chi connectivity index (χ4n) is 1.89. The van der Waals surface area contributed by atoms with E-state index in [-0.39, 0.29) is 0 Å². The third kappa shape index (κ3) is 1.91. The molecule has 2 rings (SSSR count). The number of fused-ring (bicyclic) bond motifs is 1. The van der Waals surface area contributed by atoms with E-state index in [2.05, 4.69) is 5.10 Å². The molecule has 1 aliphatic heterocycles. The Morgan fingerprint density at radius 2 is 2.27 bits per heavy atom. The maximum Gasteiger partial charge on any atom is 0.211 e. The Morgan fingerprint density at radius 3 is 2.87 bits per heavy atom. The van der Waals surface area contributed by atoms with Gasteiger partial charge in [-0.3, -0.25) is 4.68 Å². The average Bonchev–Trinajstić information content (AvgIpc) is 2.57. The quantitative estimate of drug-likeness (QED) is 0.729. The molecule has 0 atom stereocenters. The van der Waals surface area contributed by atoms with Gasteiger partial charge in [0, 0.05) is 13.1 Å². The van der Waals surface area contributed by atoms with Gasteiger partial charge in [-0.1, -0.05) is 0 Å². The molecular formula is C9H15N3O2S. The summed E-state index contributed by atoms with van der Waals surface area (Å²) >= 11 is 0. The van der Waals surface area contributed by atoms with Crippen LogP contribution in [0.1, 0.15) is 18.2 Å². The second-order valence-electron chi connectivity index (χ2n) is 3.78. The summed E-state index contributed by atoms with van der Waals surface area (Å²) in [6.45, 7) is 3.82. The standard InChI is InChI=1S/C9H15N3O2S/c1-3-12-9-7-11(15(2,13)14)5-4-8(9)6-10-12/h6H,3-5,7H2,1-2H3. The molecule has 0 saturated carbocycles. The predicted octanol–water partition coefficient (Wildman–Crippen LogP) is 0.221. The zero-order valence-corrected chi connectivity index (χ0v) is 9.79. The zero-order valence-electron chi connectivity index (χ0n) is 8.97. The number of aromatic nitrogens is 2. The van der Waals surface area contributed by atoms with Crippen LogP contribution in [0.3, 0.4) is 0 Å². The minimum Gasteiger partial charge on any atom is -0.268 e. The van der Waals surface area contributed by atoms with Gasteiger partial charge in [-0.2, -0.15) is 9.40 Å². The van der Waals surface area contributed by atoms with Crippen molar-refractivity contribution in [1.29, 1.82) is 0 Å². The lowest BCUT2D eigenvalue weighted by Crippen LogP contribution is -2.35. The lowest BCUT2D eigenvalue weighted by atomic mass is 10.1. The summed E-state index contributed by atoms with van der Waals surface area (Å²) in [4.78, 5) is 0. The molecule has 5 nitrogen and oxygen atoms in total. The molecule has 84 valence electrons. The summed E-state index contributed by atoms with van der Waals surface area (Å²) < 4.78 is 26.2. The van der Waals surface area contributed by atoms with Gasteiger partial charge < -0.3 is 0 Å². The highest BCUT2D eigenvalue weighted by Crippen LogP contribution is 2.20. The van der Waals surface area contributed by atoms with E-state index in [9.17, 15) is 8.42 Å². The number of sulfonamides is 1. The van der Waals surface area contributed by atoms with Crippen molar-refractivity contribution in [3.63, 3.8) is 0 Å². The van der Waals surface area contributed by atoms with E-state index in [0.29, 0.717) is 13.1 Å². The van der Waals surface area contributed by atoms with Crippen molar-refractivity contribution >= 4 is 10.0 Å². The molecule has 0 aliphatic carbocycles. The maximum atomic E-state index is 11.4. The molecule has 0 aromatic carbocycles. The maximum absolute atomic E-state index is 11.4. The Bertz CT molecular complexity index is 450. The fourth-order valence-corrected chi connectivity index (χ4v) is 2.67. The molecule has 6 heteroatoms. The summed E-state index contributed by atoms with van der Waals surface area (Å²) in [6, 6.07) is 0. The minimum atomic E-state index is -3.08. The van der Waals surface area contributed by atoms with Crippen LogP contribution in [0.4, 0.5) is 0 Å². The van der Waals surface area contributed by atoms with E-state index >= 15 is 0 Å². The van der Waals surface area contributed by atoms with E-state index in [0.717, 1.165) is 18.7 Å². The molecule has 0 unspecified atom stereocenters. The van der Waals surface area contributed by atoms with Crippen LogP contribution < -0.4 is 0 Å². The molecule has 1 aromatic rings. The number of rotatable bonds is 2. The van der Waals surface area contributed by atoms with Gasteiger partial charge in [0.1, 0.15) is 0 Å². The summed E-state index contributed by atoms with van der Waals surface area (Å²) in [6.07, 6.45) is 3.87. The molecule has 1 aromatic heterocycles. The SMILES string of the molecule is CCn1ncc2c1CN(S(C)(=O)=O)CC2. The van der Waals surface area contributed by atoms with Crippen LogP contribution in [0.2, 0.25) is 0 Å². The minimum absolute atomic E-state index is 0.460. The first-order valence-electron chi connectivity index (χ1n) is 5.01. The largest absolute Gasteiger partial charge is 0.268 e. The Labute approximate surface area is 89.7 Å². The van der Waals surface area contributed by atoms with Gasteiger partial charge in [0.2, 0.25) is 10.0 Å². The van der Waals surface area contributed by atoms with Gasteiger partial charge in [-0.15, -0.1) is 0 Å². The average molecular weight is 229 g/mol. The summed E-state index contributed by atoms with van der Waals surface area (Å²) in [5.41, 5.74) is 2.21. The van der Waals surface area contributed by atoms with Crippen molar-refractivity contribution in [2.24, 2.45) is 0 Å². The van der Waals surface area contributed by atoms with Gasteiger partial charge in [-0.25, -0.2) is 8.42 Å². The van der Waals surface area contributed by atoms with Crippen LogP contribution in [0.15, 0.2) is 6.20 Å². The first-order chi connectivity index (χ1) is 7.02. The summed E-state index contributed by atoms with van der Waals surface area (Å²) in [5.74, 6) is 0. The van der Waals surface area contributed by atoms with Gasteiger partial charge in [0.25, 0.3) is 0 Å². The van der Waals surface area contributed by atoms with Crippen LogP contribution >= 0.6 is 0 Å². The van der Waals surface area contributed by atoms with Crippen LogP contribution in [0.25, 0.3) is 0 Å². The second kappa shape index (κ2) is 3.61. The summed E-state index contributed by atoms with van der Waals surface area (Å²) in [5, 5.41) is 4.23. The molecule has 15 heavy (non-hydrogen) atoms. The van der Waals surface area contributed by atoms with Gasteiger partial charge in [-0.05, 0) is 18.9 Å². The molecular weight excluding hydrogens is 214 g/mol.